The number of nitrogen functional groups attached to an aromatic ring is 1. The molecule has 1 heterocycles. The Hall–Kier alpha value is -1.25. The number of aromatic nitrogens is 1. The topological polar surface area (TPSA) is 50.9 Å². The second-order valence-electron chi connectivity index (χ2n) is 4.85. The van der Waals surface area contributed by atoms with Crippen LogP contribution in [0.3, 0.4) is 0 Å². The second-order valence-corrected chi connectivity index (χ2v) is 4.85. The Balaban J connectivity index is 1.92. The molecule has 0 unspecified atom stereocenters. The van der Waals surface area contributed by atoms with Crippen molar-refractivity contribution in [3.05, 3.63) is 18.2 Å². The number of nitrogens with two attached hydrogens (primary N) is 1. The van der Waals surface area contributed by atoms with Gasteiger partial charge in [0.2, 0.25) is 0 Å². The van der Waals surface area contributed by atoms with Crippen LogP contribution in [0.15, 0.2) is 18.2 Å². The summed E-state index contributed by atoms with van der Waals surface area (Å²) in [6, 6.07) is 5.70. The summed E-state index contributed by atoms with van der Waals surface area (Å²) in [5, 5.41) is 3.31. The van der Waals surface area contributed by atoms with E-state index in [0.717, 1.165) is 12.4 Å². The van der Waals surface area contributed by atoms with Crippen LogP contribution < -0.4 is 11.1 Å². The maximum atomic E-state index is 5.62. The molecule has 1 rings (SSSR count). The summed E-state index contributed by atoms with van der Waals surface area (Å²) in [6.45, 7) is 3.25. The Morgan fingerprint density at radius 2 is 1.67 bits per heavy atom. The van der Waals surface area contributed by atoms with Gasteiger partial charge in [-0.3, -0.25) is 0 Å². The Morgan fingerprint density at radius 3 is 2.33 bits per heavy atom. The first-order valence-electron chi connectivity index (χ1n) is 7.29. The SMILES string of the molecule is CCCCCCCCCCNc1cccc(N)n1. The Labute approximate surface area is 111 Å². The second kappa shape index (κ2) is 9.75. The van der Waals surface area contributed by atoms with Crippen molar-refractivity contribution in [2.24, 2.45) is 0 Å². The molecule has 0 saturated carbocycles. The van der Waals surface area contributed by atoms with Crippen LogP contribution in [0.5, 0.6) is 0 Å². The van der Waals surface area contributed by atoms with Gasteiger partial charge >= 0.3 is 0 Å². The van der Waals surface area contributed by atoms with E-state index in [9.17, 15) is 0 Å². The summed E-state index contributed by atoms with van der Waals surface area (Å²) in [4.78, 5) is 4.21. The van der Waals surface area contributed by atoms with Crippen LogP contribution in [-0.2, 0) is 0 Å². The molecular formula is C15H27N3. The highest BCUT2D eigenvalue weighted by Gasteiger charge is 1.94. The first-order valence-corrected chi connectivity index (χ1v) is 7.29. The van der Waals surface area contributed by atoms with Crippen LogP contribution in [0.25, 0.3) is 0 Å². The van der Waals surface area contributed by atoms with E-state index in [4.69, 9.17) is 5.73 Å². The number of nitrogens with zero attached hydrogens (tertiary/aromatic N) is 1. The van der Waals surface area contributed by atoms with Crippen LogP contribution in [0.4, 0.5) is 11.6 Å². The van der Waals surface area contributed by atoms with Gasteiger partial charge < -0.3 is 11.1 Å². The first kappa shape index (κ1) is 14.8. The van der Waals surface area contributed by atoms with Gasteiger partial charge in [-0.1, -0.05) is 57.9 Å². The molecule has 0 spiro atoms. The van der Waals surface area contributed by atoms with Gasteiger partial charge in [0.1, 0.15) is 11.6 Å². The predicted octanol–water partition coefficient (Wildman–Crippen LogP) is 4.22. The number of unbranched alkanes of at least 4 members (excludes halogenated alkanes) is 7. The van der Waals surface area contributed by atoms with Gasteiger partial charge in [0, 0.05) is 6.54 Å². The highest BCUT2D eigenvalue weighted by atomic mass is 15.0. The molecule has 0 radical (unpaired) electrons. The van der Waals surface area contributed by atoms with Crippen molar-refractivity contribution in [1.29, 1.82) is 0 Å². The molecule has 0 aliphatic heterocycles. The van der Waals surface area contributed by atoms with Crippen molar-refractivity contribution in [3.8, 4) is 0 Å². The molecule has 0 saturated heterocycles. The summed E-state index contributed by atoms with van der Waals surface area (Å²) >= 11 is 0. The van der Waals surface area contributed by atoms with Gasteiger partial charge in [-0.25, -0.2) is 4.98 Å². The lowest BCUT2D eigenvalue weighted by molar-refractivity contribution is 0.581. The molecule has 0 aliphatic carbocycles. The molecule has 0 aromatic carbocycles. The van der Waals surface area contributed by atoms with Gasteiger partial charge in [0.15, 0.2) is 0 Å². The lowest BCUT2D eigenvalue weighted by Gasteiger charge is -2.06. The van der Waals surface area contributed by atoms with Crippen molar-refractivity contribution >= 4 is 11.6 Å². The lowest BCUT2D eigenvalue weighted by atomic mass is 10.1. The molecule has 18 heavy (non-hydrogen) atoms. The minimum absolute atomic E-state index is 0.580. The Morgan fingerprint density at radius 1 is 1.00 bits per heavy atom. The van der Waals surface area contributed by atoms with Crippen LogP contribution in [-0.4, -0.2) is 11.5 Å². The summed E-state index contributed by atoms with van der Waals surface area (Å²) in [5.74, 6) is 1.47. The van der Waals surface area contributed by atoms with Gasteiger partial charge in [-0.15, -0.1) is 0 Å². The van der Waals surface area contributed by atoms with E-state index < -0.39 is 0 Å². The highest BCUT2D eigenvalue weighted by molar-refractivity contribution is 5.41. The van der Waals surface area contributed by atoms with E-state index in [2.05, 4.69) is 17.2 Å². The normalized spacial score (nSPS) is 10.5. The number of pyridine rings is 1. The molecule has 3 nitrogen and oxygen atoms in total. The summed E-state index contributed by atoms with van der Waals surface area (Å²) in [7, 11) is 0. The van der Waals surface area contributed by atoms with E-state index in [1.807, 2.05) is 18.2 Å². The fourth-order valence-corrected chi connectivity index (χ4v) is 2.03. The van der Waals surface area contributed by atoms with Crippen LogP contribution in [0, 0.1) is 0 Å². The van der Waals surface area contributed by atoms with E-state index in [-0.39, 0.29) is 0 Å². The largest absolute Gasteiger partial charge is 0.384 e. The third-order valence-corrected chi connectivity index (χ3v) is 3.11. The molecule has 0 aliphatic rings. The molecule has 0 amide bonds. The van der Waals surface area contributed by atoms with E-state index >= 15 is 0 Å². The molecule has 0 fully saturated rings. The van der Waals surface area contributed by atoms with Crippen molar-refractivity contribution in [1.82, 2.24) is 4.98 Å². The minimum atomic E-state index is 0.580. The zero-order valence-electron chi connectivity index (χ0n) is 11.6. The molecular weight excluding hydrogens is 222 g/mol. The lowest BCUT2D eigenvalue weighted by Crippen LogP contribution is -2.04. The molecule has 3 N–H and O–H groups in total. The van der Waals surface area contributed by atoms with E-state index in [1.54, 1.807) is 0 Å². The Kier molecular flexibility index (Phi) is 8.02. The Bertz CT molecular complexity index is 312. The van der Waals surface area contributed by atoms with Gasteiger partial charge in [0.05, 0.1) is 0 Å². The molecule has 102 valence electrons. The summed E-state index contributed by atoms with van der Waals surface area (Å²) < 4.78 is 0. The maximum absolute atomic E-state index is 5.62. The quantitative estimate of drug-likeness (QED) is 0.610. The van der Waals surface area contributed by atoms with E-state index in [1.165, 1.54) is 51.4 Å². The van der Waals surface area contributed by atoms with Gasteiger partial charge in [-0.2, -0.15) is 0 Å². The standard InChI is InChI=1S/C15H27N3/c1-2-3-4-5-6-7-8-9-13-17-15-12-10-11-14(16)18-15/h10-12H,2-9,13H2,1H3,(H3,16,17,18). The number of hydrogen-bond acceptors (Lipinski definition) is 3. The average molecular weight is 249 g/mol. The van der Waals surface area contributed by atoms with Crippen molar-refractivity contribution in [2.75, 3.05) is 17.6 Å². The minimum Gasteiger partial charge on any atom is -0.384 e. The van der Waals surface area contributed by atoms with Crippen LogP contribution in [0.2, 0.25) is 0 Å². The van der Waals surface area contributed by atoms with Crippen LogP contribution in [0.1, 0.15) is 58.3 Å². The fourth-order valence-electron chi connectivity index (χ4n) is 2.03. The van der Waals surface area contributed by atoms with E-state index in [0.29, 0.717) is 5.82 Å². The third-order valence-electron chi connectivity index (χ3n) is 3.11. The average Bonchev–Trinajstić information content (AvgIpc) is 2.37. The molecule has 0 atom stereocenters. The number of nitrogens with one attached hydrogen (secondary N) is 1. The number of rotatable bonds is 10. The van der Waals surface area contributed by atoms with Crippen molar-refractivity contribution in [2.45, 2.75) is 58.3 Å². The smallest absolute Gasteiger partial charge is 0.128 e. The first-order chi connectivity index (χ1) is 8.83. The van der Waals surface area contributed by atoms with Crippen molar-refractivity contribution < 1.29 is 0 Å². The molecule has 1 aromatic heterocycles. The zero-order chi connectivity index (χ0) is 13.1. The predicted molar refractivity (Wildman–Crippen MR) is 79.7 cm³/mol. The van der Waals surface area contributed by atoms with Crippen molar-refractivity contribution in [3.63, 3.8) is 0 Å². The molecule has 0 bridgehead atoms. The maximum Gasteiger partial charge on any atom is 0.128 e. The fraction of sp³-hybridized carbons (Fsp3) is 0.667. The number of anilines is 2. The summed E-state index contributed by atoms with van der Waals surface area (Å²) in [6.07, 6.45) is 10.8. The van der Waals surface area contributed by atoms with Gasteiger partial charge in [0.25, 0.3) is 0 Å². The highest BCUT2D eigenvalue weighted by Crippen LogP contribution is 2.09. The van der Waals surface area contributed by atoms with Gasteiger partial charge in [-0.05, 0) is 18.6 Å². The molecule has 3 heteroatoms. The number of hydrogen-bond donors (Lipinski definition) is 2. The third kappa shape index (κ3) is 7.15. The van der Waals surface area contributed by atoms with Crippen LogP contribution >= 0.6 is 0 Å². The molecule has 1 aromatic rings. The zero-order valence-corrected chi connectivity index (χ0v) is 11.6. The summed E-state index contributed by atoms with van der Waals surface area (Å²) in [5.41, 5.74) is 5.62. The monoisotopic (exact) mass is 249 g/mol.